The van der Waals surface area contributed by atoms with E-state index in [-0.39, 0.29) is 11.2 Å². The lowest BCUT2D eigenvalue weighted by Gasteiger charge is -2.30. The largest absolute Gasteiger partial charge is 0.309 e. The average Bonchev–Trinajstić information content (AvgIpc) is 3.73. The molecule has 0 amide bonds. The van der Waals surface area contributed by atoms with Gasteiger partial charge in [-0.05, 0) is 107 Å². The number of halogens is 1. The van der Waals surface area contributed by atoms with Crippen LogP contribution in [0.15, 0.2) is 140 Å². The van der Waals surface area contributed by atoms with E-state index in [1.807, 2.05) is 12.1 Å². The molecule has 55 heavy (non-hydrogen) atoms. The Labute approximate surface area is 317 Å². The molecule has 5 heteroatoms. The van der Waals surface area contributed by atoms with E-state index >= 15 is 0 Å². The number of allylic oxidation sites excluding steroid dienone is 1. The van der Waals surface area contributed by atoms with Gasteiger partial charge in [0.15, 0.2) is 0 Å². The van der Waals surface area contributed by atoms with Gasteiger partial charge >= 0.3 is 0 Å². The third-order valence-electron chi connectivity index (χ3n) is 11.9. The van der Waals surface area contributed by atoms with E-state index in [0.717, 1.165) is 51.6 Å². The van der Waals surface area contributed by atoms with Gasteiger partial charge in [0.2, 0.25) is 5.95 Å². The first-order valence-electron chi connectivity index (χ1n) is 19.1. The van der Waals surface area contributed by atoms with Gasteiger partial charge in [-0.25, -0.2) is 14.4 Å². The van der Waals surface area contributed by atoms with E-state index in [2.05, 4.69) is 156 Å². The van der Waals surface area contributed by atoms with Crippen molar-refractivity contribution in [3.8, 4) is 22.9 Å². The predicted molar refractivity (Wildman–Crippen MR) is 225 cm³/mol. The summed E-state index contributed by atoms with van der Waals surface area (Å²) in [5.41, 5.74) is 9.75. The van der Waals surface area contributed by atoms with Crippen LogP contribution in [0.1, 0.15) is 37.1 Å². The van der Waals surface area contributed by atoms with Crippen LogP contribution in [-0.4, -0.2) is 19.1 Å². The molecule has 2 atom stereocenters. The Morgan fingerprint density at radius 1 is 0.709 bits per heavy atom. The van der Waals surface area contributed by atoms with E-state index in [0.29, 0.717) is 11.9 Å². The zero-order valence-corrected chi connectivity index (χ0v) is 30.7. The van der Waals surface area contributed by atoms with Crippen LogP contribution in [0.25, 0.3) is 84.6 Å². The van der Waals surface area contributed by atoms with Crippen LogP contribution < -0.4 is 10.6 Å². The zero-order chi connectivity index (χ0) is 36.8. The number of hydrogen-bond donors (Lipinski definition) is 0. The van der Waals surface area contributed by atoms with Gasteiger partial charge in [0.05, 0.1) is 33.3 Å². The van der Waals surface area contributed by atoms with Gasteiger partial charge in [-0.3, -0.25) is 4.57 Å². The van der Waals surface area contributed by atoms with Crippen molar-refractivity contribution in [1.29, 1.82) is 0 Å². The molecule has 0 N–H and O–H groups in total. The number of aromatic nitrogens is 4. The van der Waals surface area contributed by atoms with Crippen molar-refractivity contribution >= 4 is 61.7 Å². The van der Waals surface area contributed by atoms with Gasteiger partial charge in [0.1, 0.15) is 5.82 Å². The standard InChI is InChI=1S/C50H37FN4/c1-31-16-23-39-42(28-31)52-49(53-48(39)33-17-21-35(51)22-18-33)55-43-15-9-8-14-38(43)41-30-50(2,27-26-45(41)55)34-20-25-44-40(29-34)47-37-13-7-6-10-32(37)19-24-46(47)54(44)36-11-4-3-5-12-36/h3-15,17-29,31H,16,30H2,1-2H3. The zero-order valence-electron chi connectivity index (χ0n) is 30.7. The van der Waals surface area contributed by atoms with Crippen LogP contribution in [0, 0.1) is 11.7 Å². The van der Waals surface area contributed by atoms with E-state index < -0.39 is 0 Å². The third-order valence-corrected chi connectivity index (χ3v) is 11.9. The Kier molecular flexibility index (Phi) is 6.93. The number of nitrogens with zero attached hydrogens (tertiary/aromatic N) is 4. The highest BCUT2D eigenvalue weighted by Crippen LogP contribution is 2.44. The quantitative estimate of drug-likeness (QED) is 0.182. The van der Waals surface area contributed by atoms with Crippen LogP contribution in [-0.2, 0) is 11.8 Å². The van der Waals surface area contributed by atoms with Crippen molar-refractivity contribution in [2.45, 2.75) is 32.1 Å². The number of rotatable bonds is 4. The van der Waals surface area contributed by atoms with Gasteiger partial charge in [-0.2, -0.15) is 0 Å². The second kappa shape index (κ2) is 12.0. The fourth-order valence-corrected chi connectivity index (χ4v) is 9.16. The van der Waals surface area contributed by atoms with Gasteiger partial charge < -0.3 is 4.57 Å². The van der Waals surface area contributed by atoms with Crippen LogP contribution in [0.5, 0.6) is 0 Å². The van der Waals surface area contributed by atoms with Crippen molar-refractivity contribution in [2.75, 3.05) is 0 Å². The summed E-state index contributed by atoms with van der Waals surface area (Å²) in [7, 11) is 0. The first kappa shape index (κ1) is 31.9. The van der Waals surface area contributed by atoms with Gasteiger partial charge in [-0.1, -0.05) is 105 Å². The summed E-state index contributed by atoms with van der Waals surface area (Å²) < 4.78 is 18.7. The third kappa shape index (κ3) is 4.89. The maximum atomic E-state index is 14.1. The number of para-hydroxylation sites is 2. The second-order valence-corrected chi connectivity index (χ2v) is 15.5. The highest BCUT2D eigenvalue weighted by Gasteiger charge is 2.33. The molecule has 264 valence electrons. The van der Waals surface area contributed by atoms with Crippen molar-refractivity contribution in [3.05, 3.63) is 173 Å². The average molecular weight is 713 g/mol. The van der Waals surface area contributed by atoms with Gasteiger partial charge in [0.25, 0.3) is 0 Å². The highest BCUT2D eigenvalue weighted by molar-refractivity contribution is 6.21. The normalized spacial score (nSPS) is 17.7. The summed E-state index contributed by atoms with van der Waals surface area (Å²) in [5.74, 6) is 0.734. The van der Waals surface area contributed by atoms with E-state index in [1.54, 1.807) is 0 Å². The van der Waals surface area contributed by atoms with Crippen LogP contribution in [0.4, 0.5) is 4.39 Å². The molecule has 0 saturated heterocycles. The molecule has 3 aromatic heterocycles. The molecule has 9 aromatic rings. The second-order valence-electron chi connectivity index (χ2n) is 15.5. The van der Waals surface area contributed by atoms with Gasteiger partial charge in [0, 0.05) is 38.0 Å². The van der Waals surface area contributed by atoms with Crippen molar-refractivity contribution in [1.82, 2.24) is 19.1 Å². The Bertz CT molecular complexity index is 3190. The van der Waals surface area contributed by atoms with E-state index in [9.17, 15) is 4.39 Å². The monoisotopic (exact) mass is 712 g/mol. The maximum absolute atomic E-state index is 14.1. The SMILES string of the molecule is CC1C=c2nc(-n3c4c(c5ccccc53)CC(C)(c3ccc5c(c3)c3c6ccccc6ccc3n5-c3ccccc3)C=C4)nc(-c3ccc(F)cc3)c2=CC1. The molecule has 6 aromatic carbocycles. The molecular formula is C50H37FN4. The smallest absolute Gasteiger partial charge is 0.235 e. The molecular weight excluding hydrogens is 676 g/mol. The summed E-state index contributed by atoms with van der Waals surface area (Å²) in [4.78, 5) is 10.5. The first-order chi connectivity index (χ1) is 26.9. The molecule has 0 spiro atoms. The fourth-order valence-electron chi connectivity index (χ4n) is 9.16. The molecule has 4 nitrogen and oxygen atoms in total. The summed E-state index contributed by atoms with van der Waals surface area (Å²) in [5, 5.41) is 8.19. The minimum Gasteiger partial charge on any atom is -0.309 e. The molecule has 0 bridgehead atoms. The Balaban J connectivity index is 1.10. The lowest BCUT2D eigenvalue weighted by molar-refractivity contribution is 0.588. The highest BCUT2D eigenvalue weighted by atomic mass is 19.1. The Morgan fingerprint density at radius 3 is 2.31 bits per heavy atom. The lowest BCUT2D eigenvalue weighted by Crippen LogP contribution is -2.36. The summed E-state index contributed by atoms with van der Waals surface area (Å²) in [6.07, 6.45) is 10.9. The number of benzene rings is 6. The first-order valence-corrected chi connectivity index (χ1v) is 19.1. The topological polar surface area (TPSA) is 35.6 Å². The number of fused-ring (bicyclic) bond motifs is 9. The molecule has 0 aliphatic heterocycles. The minimum atomic E-state index is -0.268. The summed E-state index contributed by atoms with van der Waals surface area (Å²) in [6.45, 7) is 4.58. The van der Waals surface area contributed by atoms with E-state index in [4.69, 9.17) is 9.97 Å². The molecule has 2 aliphatic rings. The minimum absolute atomic E-state index is 0.260. The summed E-state index contributed by atoms with van der Waals surface area (Å²) >= 11 is 0. The predicted octanol–water partition coefficient (Wildman–Crippen LogP) is 10.6. The van der Waals surface area contributed by atoms with Gasteiger partial charge in [-0.15, -0.1) is 0 Å². The lowest BCUT2D eigenvalue weighted by atomic mass is 9.73. The fraction of sp³-hybridized carbons (Fsp3) is 0.120. The Hall–Kier alpha value is -6.59. The number of hydrogen-bond acceptors (Lipinski definition) is 2. The molecule has 0 fully saturated rings. The molecule has 2 unspecified atom stereocenters. The van der Waals surface area contributed by atoms with Crippen molar-refractivity contribution in [3.63, 3.8) is 0 Å². The molecule has 2 aliphatic carbocycles. The van der Waals surface area contributed by atoms with Crippen LogP contribution in [0.3, 0.4) is 0 Å². The van der Waals surface area contributed by atoms with Crippen LogP contribution in [0.2, 0.25) is 0 Å². The molecule has 11 rings (SSSR count). The van der Waals surface area contributed by atoms with E-state index in [1.165, 1.54) is 61.2 Å². The van der Waals surface area contributed by atoms with Crippen molar-refractivity contribution in [2.24, 2.45) is 5.92 Å². The molecule has 0 saturated carbocycles. The van der Waals surface area contributed by atoms with Crippen molar-refractivity contribution < 1.29 is 4.39 Å². The maximum Gasteiger partial charge on any atom is 0.235 e. The Morgan fingerprint density at radius 2 is 1.45 bits per heavy atom. The molecule has 3 heterocycles. The summed E-state index contributed by atoms with van der Waals surface area (Å²) in [6, 6.07) is 46.3. The molecule has 0 radical (unpaired) electrons. The van der Waals surface area contributed by atoms with Crippen LogP contribution >= 0.6 is 0 Å².